The van der Waals surface area contributed by atoms with Crippen molar-refractivity contribution in [2.24, 2.45) is 5.92 Å². The van der Waals surface area contributed by atoms with Crippen LogP contribution in [-0.4, -0.2) is 34.9 Å². The van der Waals surface area contributed by atoms with Crippen molar-refractivity contribution in [2.45, 2.75) is 11.3 Å². The van der Waals surface area contributed by atoms with Crippen molar-refractivity contribution in [2.75, 3.05) is 23.8 Å². The molecule has 10 heteroatoms. The number of hydrogen-bond donors (Lipinski definition) is 2. The second kappa shape index (κ2) is 5.82. The number of nitrogens with one attached hydrogen (secondary N) is 1. The van der Waals surface area contributed by atoms with Gasteiger partial charge < -0.3 is 5.73 Å². The SMILES string of the molecule is Nc1cc(S(=O)(=O)NCC2CCS(=O)(=O)C2)c(F)cc1Br. The minimum atomic E-state index is -4.08. The lowest BCUT2D eigenvalue weighted by atomic mass is 10.1. The minimum Gasteiger partial charge on any atom is -0.398 e. The molecule has 1 aliphatic heterocycles. The fourth-order valence-electron chi connectivity index (χ4n) is 2.09. The van der Waals surface area contributed by atoms with Crippen LogP contribution in [0.25, 0.3) is 0 Å². The molecule has 1 fully saturated rings. The zero-order chi connectivity index (χ0) is 15.8. The summed E-state index contributed by atoms with van der Waals surface area (Å²) in [6.07, 6.45) is 0.399. The summed E-state index contributed by atoms with van der Waals surface area (Å²) >= 11 is 3.01. The fraction of sp³-hybridized carbons (Fsp3) is 0.455. The van der Waals surface area contributed by atoms with Crippen molar-refractivity contribution in [3.8, 4) is 0 Å². The summed E-state index contributed by atoms with van der Waals surface area (Å²) in [7, 11) is -7.16. The maximum absolute atomic E-state index is 13.7. The Morgan fingerprint density at radius 3 is 2.67 bits per heavy atom. The number of halogens is 2. The Hall–Kier alpha value is -0.710. The predicted molar refractivity (Wildman–Crippen MR) is 80.5 cm³/mol. The van der Waals surface area contributed by atoms with E-state index < -0.39 is 30.6 Å². The van der Waals surface area contributed by atoms with E-state index in [2.05, 4.69) is 20.7 Å². The third kappa shape index (κ3) is 3.93. The average Bonchev–Trinajstić information content (AvgIpc) is 2.71. The van der Waals surface area contributed by atoms with Gasteiger partial charge in [0.05, 0.1) is 11.5 Å². The number of sulfone groups is 1. The Balaban J connectivity index is 2.14. The van der Waals surface area contributed by atoms with Gasteiger partial charge in [-0.25, -0.2) is 25.9 Å². The van der Waals surface area contributed by atoms with Gasteiger partial charge in [0.25, 0.3) is 0 Å². The number of anilines is 1. The van der Waals surface area contributed by atoms with E-state index in [0.717, 1.165) is 12.1 Å². The minimum absolute atomic E-state index is 0.0447. The lowest BCUT2D eigenvalue weighted by Crippen LogP contribution is -2.30. The van der Waals surface area contributed by atoms with E-state index in [1.807, 2.05) is 0 Å². The van der Waals surface area contributed by atoms with Crippen molar-refractivity contribution in [1.29, 1.82) is 0 Å². The van der Waals surface area contributed by atoms with Crippen molar-refractivity contribution >= 4 is 41.5 Å². The molecule has 118 valence electrons. The highest BCUT2D eigenvalue weighted by Gasteiger charge is 2.29. The first kappa shape index (κ1) is 16.7. The second-order valence-electron chi connectivity index (χ2n) is 4.93. The average molecular weight is 401 g/mol. The molecule has 6 nitrogen and oxygen atoms in total. The van der Waals surface area contributed by atoms with Crippen LogP contribution in [0.2, 0.25) is 0 Å². The number of nitrogens with two attached hydrogens (primary N) is 1. The zero-order valence-corrected chi connectivity index (χ0v) is 14.1. The first-order valence-electron chi connectivity index (χ1n) is 6.05. The zero-order valence-electron chi connectivity index (χ0n) is 10.8. The topological polar surface area (TPSA) is 106 Å². The van der Waals surface area contributed by atoms with Gasteiger partial charge in [-0.15, -0.1) is 0 Å². The predicted octanol–water partition coefficient (Wildman–Crippen LogP) is 0.883. The second-order valence-corrected chi connectivity index (χ2v) is 9.74. The van der Waals surface area contributed by atoms with Gasteiger partial charge in [0, 0.05) is 16.7 Å². The number of sulfonamides is 1. The van der Waals surface area contributed by atoms with Crippen molar-refractivity contribution < 1.29 is 21.2 Å². The molecule has 0 bridgehead atoms. The van der Waals surface area contributed by atoms with Gasteiger partial charge in [-0.1, -0.05) is 0 Å². The lowest BCUT2D eigenvalue weighted by molar-refractivity contribution is 0.532. The first-order valence-corrected chi connectivity index (χ1v) is 10.1. The van der Waals surface area contributed by atoms with Crippen LogP contribution in [0, 0.1) is 11.7 Å². The van der Waals surface area contributed by atoms with Gasteiger partial charge in [-0.2, -0.15) is 0 Å². The van der Waals surface area contributed by atoms with Crippen LogP contribution in [0.15, 0.2) is 21.5 Å². The van der Waals surface area contributed by atoms with E-state index in [4.69, 9.17) is 5.73 Å². The molecule has 2 rings (SSSR count). The van der Waals surface area contributed by atoms with Crippen LogP contribution >= 0.6 is 15.9 Å². The smallest absolute Gasteiger partial charge is 0.243 e. The summed E-state index contributed by atoms with van der Waals surface area (Å²) in [4.78, 5) is -0.552. The van der Waals surface area contributed by atoms with E-state index >= 15 is 0 Å². The van der Waals surface area contributed by atoms with Crippen LogP contribution in [0.5, 0.6) is 0 Å². The highest BCUT2D eigenvalue weighted by atomic mass is 79.9. The lowest BCUT2D eigenvalue weighted by Gasteiger charge is -2.12. The highest BCUT2D eigenvalue weighted by Crippen LogP contribution is 2.26. The molecule has 1 heterocycles. The number of rotatable bonds is 4. The Morgan fingerprint density at radius 1 is 1.43 bits per heavy atom. The maximum atomic E-state index is 13.7. The van der Waals surface area contributed by atoms with Gasteiger partial charge >= 0.3 is 0 Å². The highest BCUT2D eigenvalue weighted by molar-refractivity contribution is 9.10. The largest absolute Gasteiger partial charge is 0.398 e. The Bertz CT molecular complexity index is 765. The Morgan fingerprint density at radius 2 is 2.10 bits per heavy atom. The molecule has 1 unspecified atom stereocenters. The van der Waals surface area contributed by atoms with Crippen LogP contribution in [-0.2, 0) is 19.9 Å². The molecule has 0 amide bonds. The molecule has 1 aliphatic rings. The molecule has 0 radical (unpaired) electrons. The Kier molecular flexibility index (Phi) is 4.62. The summed E-state index contributed by atoms with van der Waals surface area (Å²) in [6.45, 7) is -0.0447. The van der Waals surface area contributed by atoms with E-state index in [1.54, 1.807) is 0 Å². The molecule has 3 N–H and O–H groups in total. The molecule has 0 aromatic heterocycles. The Labute approximate surface area is 131 Å². The quantitative estimate of drug-likeness (QED) is 0.729. The maximum Gasteiger partial charge on any atom is 0.243 e. The summed E-state index contributed by atoms with van der Waals surface area (Å²) in [5.74, 6) is -1.22. The molecule has 21 heavy (non-hydrogen) atoms. The molecular formula is C11H14BrFN2O4S2. The van der Waals surface area contributed by atoms with E-state index in [0.29, 0.717) is 6.42 Å². The monoisotopic (exact) mass is 400 g/mol. The van der Waals surface area contributed by atoms with Gasteiger partial charge in [0.1, 0.15) is 10.7 Å². The molecule has 1 aromatic carbocycles. The summed E-state index contributed by atoms with van der Waals surface area (Å²) < 4.78 is 63.0. The van der Waals surface area contributed by atoms with E-state index in [1.165, 1.54) is 0 Å². The van der Waals surface area contributed by atoms with Crippen molar-refractivity contribution in [3.63, 3.8) is 0 Å². The van der Waals surface area contributed by atoms with Gasteiger partial charge in [-0.05, 0) is 40.4 Å². The normalized spacial score (nSPS) is 21.5. The van der Waals surface area contributed by atoms with Crippen molar-refractivity contribution in [1.82, 2.24) is 4.72 Å². The molecule has 0 aliphatic carbocycles. The standard InChI is InChI=1S/C11H14BrFN2O4S2/c12-8-3-9(13)11(4-10(8)14)21(18,19)15-5-7-1-2-20(16,17)6-7/h3-4,7,15H,1-2,5-6,14H2. The number of benzene rings is 1. The van der Waals surface area contributed by atoms with Crippen LogP contribution in [0.4, 0.5) is 10.1 Å². The third-order valence-electron chi connectivity index (χ3n) is 3.23. The summed E-state index contributed by atoms with van der Waals surface area (Å²) in [5.41, 5.74) is 5.65. The van der Waals surface area contributed by atoms with Gasteiger partial charge in [0.2, 0.25) is 10.0 Å². The molecular weight excluding hydrogens is 387 g/mol. The number of nitrogen functional groups attached to an aromatic ring is 1. The number of hydrogen-bond acceptors (Lipinski definition) is 5. The van der Waals surface area contributed by atoms with Crippen LogP contribution in [0.1, 0.15) is 6.42 Å². The molecule has 1 saturated heterocycles. The van der Waals surface area contributed by atoms with Gasteiger partial charge in [-0.3, -0.25) is 0 Å². The molecule has 0 spiro atoms. The van der Waals surface area contributed by atoms with E-state index in [9.17, 15) is 21.2 Å². The molecule has 1 aromatic rings. The van der Waals surface area contributed by atoms with Crippen molar-refractivity contribution in [3.05, 3.63) is 22.4 Å². The van der Waals surface area contributed by atoms with Crippen LogP contribution < -0.4 is 10.5 Å². The van der Waals surface area contributed by atoms with Crippen LogP contribution in [0.3, 0.4) is 0 Å². The summed E-state index contributed by atoms with van der Waals surface area (Å²) in [5, 5.41) is 0. The third-order valence-corrected chi connectivity index (χ3v) is 7.19. The molecule has 1 atom stereocenters. The summed E-state index contributed by atoms with van der Waals surface area (Å²) in [6, 6.07) is 2.00. The fourth-order valence-corrected chi connectivity index (χ4v) is 5.47. The van der Waals surface area contributed by atoms with Gasteiger partial charge in [0.15, 0.2) is 9.84 Å². The van der Waals surface area contributed by atoms with E-state index in [-0.39, 0.29) is 34.1 Å². The molecule has 0 saturated carbocycles. The first-order chi connectivity index (χ1) is 9.61.